The molecule has 0 bridgehead atoms. The topological polar surface area (TPSA) is 51.0 Å². The summed E-state index contributed by atoms with van der Waals surface area (Å²) in [7, 11) is 0. The van der Waals surface area contributed by atoms with Crippen molar-refractivity contribution in [3.05, 3.63) is 60.2 Å². The number of nitrogens with zero attached hydrogens (tertiary/aromatic N) is 2. The molecule has 4 nitrogen and oxygen atoms in total. The third kappa shape index (κ3) is 3.51. The van der Waals surface area contributed by atoms with Crippen LogP contribution in [0.2, 0.25) is 0 Å². The largest absolute Gasteiger partial charge is 0.446 e. The Morgan fingerprint density at radius 1 is 0.900 bits per heavy atom. The molecule has 2 aromatic carbocycles. The van der Waals surface area contributed by atoms with E-state index in [-0.39, 0.29) is 0 Å². The van der Waals surface area contributed by atoms with Gasteiger partial charge in [-0.05, 0) is 43.7 Å². The minimum Gasteiger partial charge on any atom is -0.446 e. The molecule has 0 heterocycles. The first-order valence-electron chi connectivity index (χ1n) is 6.24. The summed E-state index contributed by atoms with van der Waals surface area (Å²) < 4.78 is 4.92. The molecule has 1 radical (unpaired) electrons. The summed E-state index contributed by atoms with van der Waals surface area (Å²) in [5, 5.41) is 8.29. The van der Waals surface area contributed by atoms with Gasteiger partial charge in [0.05, 0.1) is 11.4 Å². The standard InChI is InChI=1S/C16H15N2O2/c1-16(2,20-12-19)13-8-10-15(11-9-13)18-17-14-6-4-3-5-7-14/h3-11H,1-2H3. The molecule has 0 spiro atoms. The van der Waals surface area contributed by atoms with E-state index in [0.29, 0.717) is 0 Å². The lowest BCUT2D eigenvalue weighted by Crippen LogP contribution is -2.20. The van der Waals surface area contributed by atoms with E-state index in [1.54, 1.807) is 13.8 Å². The van der Waals surface area contributed by atoms with Crippen molar-refractivity contribution < 1.29 is 9.53 Å². The van der Waals surface area contributed by atoms with Gasteiger partial charge in [0.1, 0.15) is 5.60 Å². The average Bonchev–Trinajstić information content (AvgIpc) is 2.47. The molecule has 2 rings (SSSR count). The van der Waals surface area contributed by atoms with Crippen molar-refractivity contribution in [1.82, 2.24) is 0 Å². The number of azo groups is 1. The van der Waals surface area contributed by atoms with E-state index >= 15 is 0 Å². The number of carbonyl (C=O) groups excluding carboxylic acids is 1. The highest BCUT2D eigenvalue weighted by Gasteiger charge is 2.21. The molecule has 0 amide bonds. The summed E-state index contributed by atoms with van der Waals surface area (Å²) in [5.41, 5.74) is 1.72. The first kappa shape index (κ1) is 13.9. The van der Waals surface area contributed by atoms with Crippen molar-refractivity contribution in [1.29, 1.82) is 0 Å². The molecule has 0 aliphatic heterocycles. The van der Waals surface area contributed by atoms with Crippen LogP contribution >= 0.6 is 0 Å². The molecule has 0 atom stereocenters. The van der Waals surface area contributed by atoms with Crippen LogP contribution in [0.1, 0.15) is 19.4 Å². The second kappa shape index (κ2) is 6.10. The van der Waals surface area contributed by atoms with Crippen molar-refractivity contribution >= 4 is 17.8 Å². The second-order valence-corrected chi connectivity index (χ2v) is 4.78. The van der Waals surface area contributed by atoms with Crippen LogP contribution in [0, 0.1) is 0 Å². The fourth-order valence-corrected chi connectivity index (χ4v) is 1.70. The lowest BCUT2D eigenvalue weighted by atomic mass is 9.98. The summed E-state index contributed by atoms with van der Waals surface area (Å²) in [6.07, 6.45) is 0. The van der Waals surface area contributed by atoms with Gasteiger partial charge in [-0.2, -0.15) is 10.2 Å². The minimum absolute atomic E-state index is 0.698. The van der Waals surface area contributed by atoms with Crippen molar-refractivity contribution in [2.45, 2.75) is 19.4 Å². The average molecular weight is 267 g/mol. The molecular formula is C16H15N2O2. The number of hydrogen-bond acceptors (Lipinski definition) is 4. The first-order valence-corrected chi connectivity index (χ1v) is 6.24. The zero-order valence-electron chi connectivity index (χ0n) is 11.4. The van der Waals surface area contributed by atoms with Crippen LogP contribution in [0.25, 0.3) is 0 Å². The normalized spacial score (nSPS) is 11.5. The SMILES string of the molecule is CC(C)(O[C]=O)c1ccc(N=Nc2ccccc2)cc1. The summed E-state index contributed by atoms with van der Waals surface area (Å²) in [5.74, 6) is 0. The van der Waals surface area contributed by atoms with Gasteiger partial charge in [0.15, 0.2) is 0 Å². The lowest BCUT2D eigenvalue weighted by Gasteiger charge is -2.22. The van der Waals surface area contributed by atoms with Crippen LogP contribution in [0.4, 0.5) is 11.4 Å². The van der Waals surface area contributed by atoms with E-state index in [4.69, 9.17) is 4.74 Å². The zero-order chi connectivity index (χ0) is 14.4. The summed E-state index contributed by atoms with van der Waals surface area (Å²) in [6, 6.07) is 16.9. The summed E-state index contributed by atoms with van der Waals surface area (Å²) in [4.78, 5) is 10.3. The Labute approximate surface area is 118 Å². The predicted octanol–water partition coefficient (Wildman–Crippen LogP) is 4.42. The maximum atomic E-state index is 10.3. The van der Waals surface area contributed by atoms with Gasteiger partial charge in [-0.25, -0.2) is 4.79 Å². The highest BCUT2D eigenvalue weighted by atomic mass is 16.5. The first-order chi connectivity index (χ1) is 9.62. The molecule has 2 aromatic rings. The van der Waals surface area contributed by atoms with Crippen LogP contribution in [0.3, 0.4) is 0 Å². The molecule has 0 aliphatic carbocycles. The van der Waals surface area contributed by atoms with Crippen LogP contribution in [0.15, 0.2) is 64.8 Å². The zero-order valence-corrected chi connectivity index (χ0v) is 11.4. The van der Waals surface area contributed by atoms with Gasteiger partial charge < -0.3 is 4.74 Å². The molecule has 0 aliphatic rings. The molecule has 0 saturated carbocycles. The fourth-order valence-electron chi connectivity index (χ4n) is 1.70. The molecule has 4 heteroatoms. The van der Waals surface area contributed by atoms with E-state index in [1.807, 2.05) is 54.6 Å². The number of rotatable bonds is 5. The van der Waals surface area contributed by atoms with Crippen LogP contribution in [-0.2, 0) is 15.1 Å². The van der Waals surface area contributed by atoms with Gasteiger partial charge in [-0.1, -0.05) is 30.3 Å². The quantitative estimate of drug-likeness (QED) is 0.753. The van der Waals surface area contributed by atoms with Gasteiger partial charge in [0.2, 0.25) is 0 Å². The monoisotopic (exact) mass is 267 g/mol. The van der Waals surface area contributed by atoms with Crippen molar-refractivity contribution in [3.63, 3.8) is 0 Å². The van der Waals surface area contributed by atoms with Gasteiger partial charge in [0, 0.05) is 0 Å². The Hall–Kier alpha value is -2.49. The predicted molar refractivity (Wildman–Crippen MR) is 76.9 cm³/mol. The smallest absolute Gasteiger partial charge is 0.418 e. The highest BCUT2D eigenvalue weighted by Crippen LogP contribution is 2.26. The van der Waals surface area contributed by atoms with E-state index in [1.165, 1.54) is 6.47 Å². The molecule has 0 unspecified atom stereocenters. The van der Waals surface area contributed by atoms with Crippen molar-refractivity contribution in [2.24, 2.45) is 10.2 Å². The molecule has 0 aromatic heterocycles. The van der Waals surface area contributed by atoms with Gasteiger partial charge in [-0.3, -0.25) is 0 Å². The molecule has 0 saturated heterocycles. The molecule has 20 heavy (non-hydrogen) atoms. The third-order valence-corrected chi connectivity index (χ3v) is 2.90. The molecule has 0 fully saturated rings. The maximum absolute atomic E-state index is 10.3. The Morgan fingerprint density at radius 3 is 2.00 bits per heavy atom. The van der Waals surface area contributed by atoms with E-state index < -0.39 is 5.60 Å². The van der Waals surface area contributed by atoms with Crippen molar-refractivity contribution in [3.8, 4) is 0 Å². The fraction of sp³-hybridized carbons (Fsp3) is 0.188. The van der Waals surface area contributed by atoms with Gasteiger partial charge in [0.25, 0.3) is 0 Å². The van der Waals surface area contributed by atoms with Gasteiger partial charge in [-0.15, -0.1) is 0 Å². The van der Waals surface area contributed by atoms with E-state index in [2.05, 4.69) is 10.2 Å². The lowest BCUT2D eigenvalue weighted by molar-refractivity contribution is 0.0879. The van der Waals surface area contributed by atoms with Gasteiger partial charge >= 0.3 is 6.47 Å². The Bertz CT molecular complexity index is 590. The number of hydrogen-bond donors (Lipinski definition) is 0. The number of ether oxygens (including phenoxy) is 1. The van der Waals surface area contributed by atoms with Crippen LogP contribution < -0.4 is 0 Å². The Kier molecular flexibility index (Phi) is 4.25. The maximum Gasteiger partial charge on any atom is 0.418 e. The highest BCUT2D eigenvalue weighted by molar-refractivity contribution is 5.44. The van der Waals surface area contributed by atoms with E-state index in [0.717, 1.165) is 16.9 Å². The molecular weight excluding hydrogens is 252 g/mol. The Balaban J connectivity index is 2.13. The minimum atomic E-state index is -0.698. The molecule has 101 valence electrons. The summed E-state index contributed by atoms with van der Waals surface area (Å²) in [6.45, 7) is 5.08. The van der Waals surface area contributed by atoms with Crippen molar-refractivity contribution in [2.75, 3.05) is 0 Å². The van der Waals surface area contributed by atoms with Crippen LogP contribution in [0.5, 0.6) is 0 Å². The third-order valence-electron chi connectivity index (χ3n) is 2.90. The molecule has 0 N–H and O–H groups in total. The van der Waals surface area contributed by atoms with E-state index in [9.17, 15) is 4.79 Å². The van der Waals surface area contributed by atoms with Crippen LogP contribution in [-0.4, -0.2) is 6.47 Å². The second-order valence-electron chi connectivity index (χ2n) is 4.78. The summed E-state index contributed by atoms with van der Waals surface area (Å²) >= 11 is 0. The Morgan fingerprint density at radius 2 is 1.45 bits per heavy atom. The number of benzene rings is 2.